The summed E-state index contributed by atoms with van der Waals surface area (Å²) in [7, 11) is -3.65. The van der Waals surface area contributed by atoms with Crippen LogP contribution in [0.4, 0.5) is 5.69 Å². The second-order valence-corrected chi connectivity index (χ2v) is 9.09. The average molecular weight is 419 g/mol. The molecule has 28 heavy (non-hydrogen) atoms. The summed E-state index contributed by atoms with van der Waals surface area (Å²) in [6, 6.07) is 13.6. The quantitative estimate of drug-likeness (QED) is 0.552. The Morgan fingerprint density at radius 3 is 2.68 bits per heavy atom. The predicted octanol–water partition coefficient (Wildman–Crippen LogP) is 3.24. The summed E-state index contributed by atoms with van der Waals surface area (Å²) in [5.41, 5.74) is 0.971. The number of nitrogens with zero attached hydrogens (tertiary/aromatic N) is 1. The number of hydrogen-bond acceptors (Lipinski definition) is 5. The number of ether oxygens (including phenoxy) is 1. The molecule has 2 aromatic rings. The van der Waals surface area contributed by atoms with Crippen molar-refractivity contribution >= 4 is 33.4 Å². The summed E-state index contributed by atoms with van der Waals surface area (Å²) < 4.78 is 32.2. The smallest absolute Gasteiger partial charge is 0.255 e. The van der Waals surface area contributed by atoms with E-state index in [0.29, 0.717) is 32.0 Å². The molecule has 1 N–H and O–H groups in total. The Morgan fingerprint density at radius 2 is 1.93 bits per heavy atom. The molecule has 6 nitrogen and oxygen atoms in total. The van der Waals surface area contributed by atoms with Crippen molar-refractivity contribution < 1.29 is 17.9 Å². The number of amides is 1. The van der Waals surface area contributed by atoms with Gasteiger partial charge in [0.15, 0.2) is 0 Å². The number of thioether (sulfide) groups is 1. The monoisotopic (exact) mass is 418 g/mol. The molecule has 1 aliphatic heterocycles. The molecule has 0 spiro atoms. The number of hydrogen-bond donors (Lipinski definition) is 1. The van der Waals surface area contributed by atoms with Crippen molar-refractivity contribution in [1.82, 2.24) is 4.31 Å². The zero-order valence-corrected chi connectivity index (χ0v) is 17.0. The van der Waals surface area contributed by atoms with Gasteiger partial charge in [0.05, 0.1) is 23.8 Å². The molecule has 1 heterocycles. The number of morpholine rings is 1. The second kappa shape index (κ2) is 9.38. The molecule has 0 unspecified atom stereocenters. The normalized spacial score (nSPS) is 15.1. The molecule has 1 fully saturated rings. The van der Waals surface area contributed by atoms with E-state index in [-0.39, 0.29) is 16.4 Å². The van der Waals surface area contributed by atoms with Crippen LogP contribution in [0.15, 0.2) is 71.0 Å². The SMILES string of the molecule is C=CCSc1ccccc1NC(=O)c1cccc(S(=O)(=O)N2CCOCC2)c1. The molecule has 3 rings (SSSR count). The van der Waals surface area contributed by atoms with Gasteiger partial charge in [0.25, 0.3) is 5.91 Å². The van der Waals surface area contributed by atoms with E-state index in [9.17, 15) is 13.2 Å². The van der Waals surface area contributed by atoms with E-state index in [4.69, 9.17) is 4.74 Å². The molecular weight excluding hydrogens is 396 g/mol. The van der Waals surface area contributed by atoms with Gasteiger partial charge in [-0.25, -0.2) is 8.42 Å². The van der Waals surface area contributed by atoms with Gasteiger partial charge in [-0.1, -0.05) is 24.3 Å². The molecule has 0 saturated carbocycles. The minimum atomic E-state index is -3.65. The topological polar surface area (TPSA) is 75.7 Å². The van der Waals surface area contributed by atoms with E-state index in [1.54, 1.807) is 30.0 Å². The lowest BCUT2D eigenvalue weighted by Crippen LogP contribution is -2.40. The maximum absolute atomic E-state index is 12.8. The standard InChI is InChI=1S/C20H22N2O4S2/c1-2-14-27-19-9-4-3-8-18(19)21-20(23)16-6-5-7-17(15-16)28(24,25)22-10-12-26-13-11-22/h2-9,15H,1,10-14H2,(H,21,23). The minimum Gasteiger partial charge on any atom is -0.379 e. The molecule has 148 valence electrons. The van der Waals surface area contributed by atoms with E-state index in [1.807, 2.05) is 24.3 Å². The van der Waals surface area contributed by atoms with Crippen molar-refractivity contribution in [3.05, 3.63) is 66.7 Å². The highest BCUT2D eigenvalue weighted by Gasteiger charge is 2.26. The zero-order chi connectivity index (χ0) is 20.0. The van der Waals surface area contributed by atoms with Crippen LogP contribution in [-0.4, -0.2) is 50.7 Å². The Kier molecular flexibility index (Phi) is 6.90. The lowest BCUT2D eigenvalue weighted by atomic mass is 10.2. The summed E-state index contributed by atoms with van der Waals surface area (Å²) in [5.74, 6) is 0.367. The van der Waals surface area contributed by atoms with Gasteiger partial charge in [-0.2, -0.15) is 4.31 Å². The van der Waals surface area contributed by atoms with Gasteiger partial charge in [0.1, 0.15) is 0 Å². The van der Waals surface area contributed by atoms with Crippen LogP contribution in [0.25, 0.3) is 0 Å². The van der Waals surface area contributed by atoms with Gasteiger partial charge in [-0.15, -0.1) is 18.3 Å². The molecule has 0 bridgehead atoms. The Morgan fingerprint density at radius 1 is 1.18 bits per heavy atom. The van der Waals surface area contributed by atoms with Crippen LogP contribution >= 0.6 is 11.8 Å². The van der Waals surface area contributed by atoms with Gasteiger partial charge in [0, 0.05) is 29.3 Å². The first-order valence-corrected chi connectivity index (χ1v) is 11.3. The number of nitrogens with one attached hydrogen (secondary N) is 1. The lowest BCUT2D eigenvalue weighted by molar-refractivity contribution is 0.0730. The van der Waals surface area contributed by atoms with Crippen molar-refractivity contribution in [1.29, 1.82) is 0 Å². The maximum Gasteiger partial charge on any atom is 0.255 e. The molecule has 2 aromatic carbocycles. The highest BCUT2D eigenvalue weighted by molar-refractivity contribution is 7.99. The highest BCUT2D eigenvalue weighted by Crippen LogP contribution is 2.27. The van der Waals surface area contributed by atoms with E-state index in [2.05, 4.69) is 11.9 Å². The number of benzene rings is 2. The fourth-order valence-corrected chi connectivity index (χ4v) is 4.97. The first kappa shape index (κ1) is 20.6. The van der Waals surface area contributed by atoms with Crippen LogP contribution in [0.5, 0.6) is 0 Å². The zero-order valence-electron chi connectivity index (χ0n) is 15.3. The van der Waals surface area contributed by atoms with Crippen LogP contribution in [0.2, 0.25) is 0 Å². The third kappa shape index (κ3) is 4.82. The summed E-state index contributed by atoms with van der Waals surface area (Å²) in [6.45, 7) is 5.08. The second-order valence-electron chi connectivity index (χ2n) is 6.09. The van der Waals surface area contributed by atoms with E-state index in [0.717, 1.165) is 10.6 Å². The molecule has 8 heteroatoms. The van der Waals surface area contributed by atoms with Crippen molar-refractivity contribution in [2.75, 3.05) is 37.4 Å². The van der Waals surface area contributed by atoms with Gasteiger partial charge in [-0.05, 0) is 30.3 Å². The molecule has 0 radical (unpaired) electrons. The van der Waals surface area contributed by atoms with Crippen LogP contribution in [0, 0.1) is 0 Å². The van der Waals surface area contributed by atoms with Crippen molar-refractivity contribution in [2.45, 2.75) is 9.79 Å². The van der Waals surface area contributed by atoms with Crippen LogP contribution in [0.1, 0.15) is 10.4 Å². The lowest BCUT2D eigenvalue weighted by Gasteiger charge is -2.26. The molecule has 0 atom stereocenters. The van der Waals surface area contributed by atoms with Crippen LogP contribution < -0.4 is 5.32 Å². The highest BCUT2D eigenvalue weighted by atomic mass is 32.2. The van der Waals surface area contributed by atoms with Crippen LogP contribution in [0.3, 0.4) is 0 Å². The average Bonchev–Trinajstić information content (AvgIpc) is 2.74. The van der Waals surface area contributed by atoms with Crippen LogP contribution in [-0.2, 0) is 14.8 Å². The van der Waals surface area contributed by atoms with Gasteiger partial charge >= 0.3 is 0 Å². The first-order chi connectivity index (χ1) is 13.5. The summed E-state index contributed by atoms with van der Waals surface area (Å²) >= 11 is 1.56. The molecule has 0 aliphatic carbocycles. The van der Waals surface area contributed by atoms with Gasteiger partial charge in [0.2, 0.25) is 10.0 Å². The third-order valence-electron chi connectivity index (χ3n) is 4.20. The van der Waals surface area contributed by atoms with E-state index < -0.39 is 10.0 Å². The first-order valence-electron chi connectivity index (χ1n) is 8.84. The molecule has 1 saturated heterocycles. The number of carbonyl (C=O) groups excluding carboxylic acids is 1. The summed E-state index contributed by atoms with van der Waals surface area (Å²) in [5, 5.41) is 2.87. The Bertz CT molecular complexity index is 954. The van der Waals surface area contributed by atoms with Gasteiger partial charge in [-0.3, -0.25) is 4.79 Å². The molecule has 1 amide bonds. The molecule has 1 aliphatic rings. The number of para-hydroxylation sites is 1. The Balaban J connectivity index is 1.80. The maximum atomic E-state index is 12.8. The largest absolute Gasteiger partial charge is 0.379 e. The van der Waals surface area contributed by atoms with Crippen molar-refractivity contribution in [3.8, 4) is 0 Å². The van der Waals surface area contributed by atoms with E-state index >= 15 is 0 Å². The minimum absolute atomic E-state index is 0.108. The number of anilines is 1. The predicted molar refractivity (Wildman–Crippen MR) is 111 cm³/mol. The fraction of sp³-hybridized carbons (Fsp3) is 0.250. The Labute approximate surface area is 169 Å². The molecule has 0 aromatic heterocycles. The van der Waals surface area contributed by atoms with Crippen molar-refractivity contribution in [2.24, 2.45) is 0 Å². The van der Waals surface area contributed by atoms with Gasteiger partial charge < -0.3 is 10.1 Å². The summed E-state index contributed by atoms with van der Waals surface area (Å²) in [6.07, 6.45) is 1.79. The van der Waals surface area contributed by atoms with Crippen molar-refractivity contribution in [3.63, 3.8) is 0 Å². The number of carbonyl (C=O) groups is 1. The summed E-state index contributed by atoms with van der Waals surface area (Å²) in [4.78, 5) is 13.8. The Hall–Kier alpha value is -2.13. The third-order valence-corrected chi connectivity index (χ3v) is 7.16. The molecular formula is C20H22N2O4S2. The number of sulfonamides is 1. The fourth-order valence-electron chi connectivity index (χ4n) is 2.77. The van der Waals surface area contributed by atoms with E-state index in [1.165, 1.54) is 16.4 Å². The number of rotatable bonds is 7.